The zero-order valence-electron chi connectivity index (χ0n) is 10.0. The van der Waals surface area contributed by atoms with E-state index in [2.05, 4.69) is 0 Å². The summed E-state index contributed by atoms with van der Waals surface area (Å²) in [4.78, 5) is 9.79. The van der Waals surface area contributed by atoms with Gasteiger partial charge < -0.3 is 21.1 Å². The number of hydroxylamine groups is 2. The highest BCUT2D eigenvalue weighted by molar-refractivity contribution is 4.44. The molecule has 0 aromatic carbocycles. The van der Waals surface area contributed by atoms with E-state index in [0.29, 0.717) is 0 Å². The van der Waals surface area contributed by atoms with Crippen molar-refractivity contribution in [1.29, 1.82) is 0 Å². The van der Waals surface area contributed by atoms with Crippen molar-refractivity contribution in [3.05, 3.63) is 0 Å². The van der Waals surface area contributed by atoms with Gasteiger partial charge in [0.25, 0.3) is 0 Å². The van der Waals surface area contributed by atoms with Crippen molar-refractivity contribution in [1.82, 2.24) is 5.23 Å². The first-order chi connectivity index (χ1) is 7.62. The third-order valence-corrected chi connectivity index (χ3v) is 1.07. The maximum Gasteiger partial charge on any atom is 0.0942 e. The van der Waals surface area contributed by atoms with Crippen LogP contribution in [-0.2, 0) is 9.68 Å². The molecule has 0 aliphatic carbocycles. The summed E-state index contributed by atoms with van der Waals surface area (Å²) in [5, 5.41) is 27.0. The van der Waals surface area contributed by atoms with Gasteiger partial charge in [0.05, 0.1) is 39.1 Å². The summed E-state index contributed by atoms with van der Waals surface area (Å²) in [5.41, 5.74) is 4.85. The van der Waals surface area contributed by atoms with Gasteiger partial charge in [0.2, 0.25) is 0 Å². The van der Waals surface area contributed by atoms with Crippen molar-refractivity contribution >= 4 is 0 Å². The van der Waals surface area contributed by atoms with Crippen LogP contribution in [0, 0.1) is 0 Å². The summed E-state index contributed by atoms with van der Waals surface area (Å²) in [6, 6.07) is 0. The van der Waals surface area contributed by atoms with E-state index in [1.165, 1.54) is 0 Å². The smallest absolute Gasteiger partial charge is 0.0942 e. The van der Waals surface area contributed by atoms with Crippen LogP contribution in [-0.4, -0.2) is 66.2 Å². The molecule has 0 rings (SSSR count). The van der Waals surface area contributed by atoms with Crippen LogP contribution in [0.4, 0.5) is 0 Å². The Bertz CT molecular complexity index is 118. The minimum Gasteiger partial charge on any atom is -0.394 e. The molecule has 0 heterocycles. The van der Waals surface area contributed by atoms with Crippen LogP contribution in [0.1, 0.15) is 13.8 Å². The van der Waals surface area contributed by atoms with Gasteiger partial charge in [-0.2, -0.15) is 0 Å². The molecular weight excluding hydrogens is 216 g/mol. The highest BCUT2D eigenvalue weighted by Gasteiger charge is 2.08. The van der Waals surface area contributed by atoms with Gasteiger partial charge in [0, 0.05) is 0 Å². The zero-order valence-corrected chi connectivity index (χ0v) is 10.0. The largest absolute Gasteiger partial charge is 0.394 e. The van der Waals surface area contributed by atoms with Crippen LogP contribution >= 0.6 is 0 Å². The molecule has 100 valence electrons. The number of nitrogens with zero attached hydrogens (tertiary/aromatic N) is 1. The molecule has 0 radical (unpaired) electrons. The van der Waals surface area contributed by atoms with Gasteiger partial charge in [0.15, 0.2) is 0 Å². The van der Waals surface area contributed by atoms with Crippen molar-refractivity contribution in [3.8, 4) is 0 Å². The lowest BCUT2D eigenvalue weighted by Gasteiger charge is -2.21. The van der Waals surface area contributed by atoms with Crippen molar-refractivity contribution in [3.63, 3.8) is 0 Å². The number of hydrogen-bond acceptors (Lipinski definition) is 7. The van der Waals surface area contributed by atoms with E-state index >= 15 is 0 Å². The van der Waals surface area contributed by atoms with E-state index in [1.54, 1.807) is 6.92 Å². The lowest BCUT2D eigenvalue weighted by Crippen LogP contribution is -2.33. The van der Waals surface area contributed by atoms with Gasteiger partial charge in [-0.05, 0) is 13.5 Å². The molecule has 0 bridgehead atoms. The number of rotatable bonds is 8. The standard InChI is InChI=1S/C7H17NO5.C2H7N/c1-7(11)6-8(12-4-2-9)13-5-3-10;1-2-3/h7,9-11H,2-6H2,1H3;2-3H2,1H3. The number of aliphatic hydroxyl groups is 3. The quantitative estimate of drug-likeness (QED) is 0.382. The maximum atomic E-state index is 8.99. The summed E-state index contributed by atoms with van der Waals surface area (Å²) in [6.07, 6.45) is -0.600. The Labute approximate surface area is 96.3 Å². The van der Waals surface area contributed by atoms with Gasteiger partial charge in [-0.1, -0.05) is 12.2 Å². The Morgan fingerprint density at radius 3 is 1.81 bits per heavy atom. The van der Waals surface area contributed by atoms with Gasteiger partial charge in [-0.15, -0.1) is 0 Å². The Morgan fingerprint density at radius 1 is 1.19 bits per heavy atom. The molecule has 16 heavy (non-hydrogen) atoms. The second kappa shape index (κ2) is 14.7. The van der Waals surface area contributed by atoms with Crippen LogP contribution in [0.3, 0.4) is 0 Å². The van der Waals surface area contributed by atoms with Gasteiger partial charge >= 0.3 is 0 Å². The molecule has 7 heteroatoms. The third kappa shape index (κ3) is 16.2. The second-order valence-electron chi connectivity index (χ2n) is 2.89. The van der Waals surface area contributed by atoms with Gasteiger partial charge in [0.1, 0.15) is 0 Å². The predicted octanol–water partition coefficient (Wildman–Crippen LogP) is -1.52. The van der Waals surface area contributed by atoms with Crippen LogP contribution < -0.4 is 5.73 Å². The van der Waals surface area contributed by atoms with Gasteiger partial charge in [-0.3, -0.25) is 9.68 Å². The first kappa shape index (κ1) is 18.1. The van der Waals surface area contributed by atoms with Crippen LogP contribution in [0.2, 0.25) is 0 Å². The third-order valence-electron chi connectivity index (χ3n) is 1.07. The molecule has 0 aliphatic rings. The summed E-state index contributed by atoms with van der Waals surface area (Å²) in [6.45, 7) is 4.34. The van der Waals surface area contributed by atoms with Crippen molar-refractivity contribution in [2.45, 2.75) is 20.0 Å². The molecule has 5 N–H and O–H groups in total. The molecule has 1 atom stereocenters. The summed E-state index contributed by atoms with van der Waals surface area (Å²) in [5.74, 6) is 0. The second-order valence-corrected chi connectivity index (χ2v) is 2.89. The fourth-order valence-electron chi connectivity index (χ4n) is 0.644. The Morgan fingerprint density at radius 2 is 1.56 bits per heavy atom. The number of nitrogens with two attached hydrogens (primary N) is 1. The topological polar surface area (TPSA) is 108 Å². The minimum atomic E-state index is -0.600. The minimum absolute atomic E-state index is 0.0954. The summed E-state index contributed by atoms with van der Waals surface area (Å²) >= 11 is 0. The Kier molecular flexibility index (Phi) is 16.6. The molecule has 0 saturated carbocycles. The molecule has 0 amide bonds. The molecule has 0 aliphatic heterocycles. The highest BCUT2D eigenvalue weighted by Crippen LogP contribution is 1.95. The summed E-state index contributed by atoms with van der Waals surface area (Å²) in [7, 11) is 0. The van der Waals surface area contributed by atoms with Crippen molar-refractivity contribution < 1.29 is 25.0 Å². The molecule has 0 aromatic heterocycles. The number of aliphatic hydroxyl groups excluding tert-OH is 3. The Hall–Kier alpha value is -0.280. The van der Waals surface area contributed by atoms with Crippen LogP contribution in [0.15, 0.2) is 0 Å². The normalized spacial score (nSPS) is 12.2. The molecule has 0 spiro atoms. The average Bonchev–Trinajstić information content (AvgIpc) is 2.22. The monoisotopic (exact) mass is 240 g/mol. The summed E-state index contributed by atoms with van der Waals surface area (Å²) < 4.78 is 0. The van der Waals surface area contributed by atoms with E-state index in [4.69, 9.17) is 30.7 Å². The van der Waals surface area contributed by atoms with Crippen LogP contribution in [0.25, 0.3) is 0 Å². The van der Waals surface area contributed by atoms with E-state index in [0.717, 1.165) is 11.8 Å². The first-order valence-electron chi connectivity index (χ1n) is 5.25. The van der Waals surface area contributed by atoms with E-state index in [-0.39, 0.29) is 33.0 Å². The fourth-order valence-corrected chi connectivity index (χ4v) is 0.644. The zero-order chi connectivity index (χ0) is 12.8. The molecular formula is C9H24N2O5. The van der Waals surface area contributed by atoms with Crippen molar-refractivity contribution in [2.24, 2.45) is 5.73 Å². The van der Waals surface area contributed by atoms with Crippen LogP contribution in [0.5, 0.6) is 0 Å². The molecule has 0 saturated heterocycles. The lowest BCUT2D eigenvalue weighted by atomic mass is 10.4. The molecule has 1 unspecified atom stereocenters. The fraction of sp³-hybridized carbons (Fsp3) is 1.00. The highest BCUT2D eigenvalue weighted by atomic mass is 16.9. The Balaban J connectivity index is 0. The molecule has 0 fully saturated rings. The lowest BCUT2D eigenvalue weighted by molar-refractivity contribution is -0.376. The van der Waals surface area contributed by atoms with Gasteiger partial charge in [-0.25, -0.2) is 0 Å². The van der Waals surface area contributed by atoms with Crippen molar-refractivity contribution in [2.75, 3.05) is 39.5 Å². The van der Waals surface area contributed by atoms with E-state index < -0.39 is 6.10 Å². The number of hydrogen-bond donors (Lipinski definition) is 4. The molecule has 0 aromatic rings. The maximum absolute atomic E-state index is 8.99. The first-order valence-corrected chi connectivity index (χ1v) is 5.25. The molecule has 7 nitrogen and oxygen atoms in total. The SMILES string of the molecule is CC(O)CN(OCCO)OCCO.CCN. The predicted molar refractivity (Wildman–Crippen MR) is 59.2 cm³/mol. The van der Waals surface area contributed by atoms with E-state index in [9.17, 15) is 0 Å². The average molecular weight is 240 g/mol. The van der Waals surface area contributed by atoms with E-state index in [1.807, 2.05) is 6.92 Å².